The second-order valence-electron chi connectivity index (χ2n) is 4.81. The molecule has 16 heavy (non-hydrogen) atoms. The molecule has 0 radical (unpaired) electrons. The fourth-order valence-electron chi connectivity index (χ4n) is 2.66. The Morgan fingerprint density at radius 2 is 1.94 bits per heavy atom. The van der Waals surface area contributed by atoms with Crippen LogP contribution in [0.4, 0.5) is 0 Å². The highest BCUT2D eigenvalue weighted by atomic mass is 32.2. The first-order valence-corrected chi connectivity index (χ1v) is 7.54. The highest BCUT2D eigenvalue weighted by molar-refractivity contribution is 7.99. The first-order chi connectivity index (χ1) is 7.90. The number of hydrogen-bond donors (Lipinski definition) is 1. The van der Waals surface area contributed by atoms with E-state index in [1.165, 1.54) is 24.3 Å². The zero-order valence-electron chi connectivity index (χ0n) is 9.94. The topological polar surface area (TPSA) is 32.7 Å². The molecule has 1 atom stereocenters. The summed E-state index contributed by atoms with van der Waals surface area (Å²) in [6, 6.07) is 0. The average molecular weight is 245 g/mol. The van der Waals surface area contributed by atoms with Crippen molar-refractivity contribution in [3.8, 4) is 0 Å². The van der Waals surface area contributed by atoms with E-state index in [2.05, 4.69) is 16.7 Å². The quantitative estimate of drug-likeness (QED) is 0.803. The van der Waals surface area contributed by atoms with Crippen molar-refractivity contribution < 1.29 is 9.84 Å². The van der Waals surface area contributed by atoms with Crippen molar-refractivity contribution in [3.63, 3.8) is 0 Å². The Bertz CT molecular complexity index is 191. The molecule has 0 aromatic rings. The van der Waals surface area contributed by atoms with E-state index < -0.39 is 0 Å². The third-order valence-corrected chi connectivity index (χ3v) is 4.81. The smallest absolute Gasteiger partial charge is 0.0594 e. The molecule has 3 nitrogen and oxygen atoms in total. The standard InChI is InChI=1S/C12H23NO2S/c14-10-12(11-1-7-16-8-2-11)9-13-3-5-15-6-4-13/h11-12,14H,1-10H2. The first-order valence-electron chi connectivity index (χ1n) is 6.39. The lowest BCUT2D eigenvalue weighted by Crippen LogP contribution is -2.42. The molecular weight excluding hydrogens is 222 g/mol. The van der Waals surface area contributed by atoms with Crippen molar-refractivity contribution in [1.82, 2.24) is 4.90 Å². The van der Waals surface area contributed by atoms with Crippen LogP contribution in [0.25, 0.3) is 0 Å². The number of aliphatic hydroxyl groups is 1. The van der Waals surface area contributed by atoms with E-state index in [1.54, 1.807) is 0 Å². The Morgan fingerprint density at radius 3 is 2.56 bits per heavy atom. The third-order valence-electron chi connectivity index (χ3n) is 3.76. The molecule has 2 saturated heterocycles. The molecule has 0 bridgehead atoms. The number of hydrogen-bond acceptors (Lipinski definition) is 4. The van der Waals surface area contributed by atoms with Crippen LogP contribution in [0.1, 0.15) is 12.8 Å². The predicted molar refractivity (Wildman–Crippen MR) is 67.9 cm³/mol. The van der Waals surface area contributed by atoms with Crippen LogP contribution in [0.5, 0.6) is 0 Å². The van der Waals surface area contributed by atoms with Gasteiger partial charge in [-0.2, -0.15) is 11.8 Å². The van der Waals surface area contributed by atoms with Gasteiger partial charge in [0, 0.05) is 26.2 Å². The van der Waals surface area contributed by atoms with Crippen molar-refractivity contribution in [2.24, 2.45) is 11.8 Å². The monoisotopic (exact) mass is 245 g/mol. The Hall–Kier alpha value is 0.230. The molecule has 0 spiro atoms. The van der Waals surface area contributed by atoms with Gasteiger partial charge in [0.1, 0.15) is 0 Å². The molecule has 4 heteroatoms. The highest BCUT2D eigenvalue weighted by Gasteiger charge is 2.25. The molecule has 2 rings (SSSR count). The van der Waals surface area contributed by atoms with E-state index >= 15 is 0 Å². The summed E-state index contributed by atoms with van der Waals surface area (Å²) in [6.07, 6.45) is 2.58. The summed E-state index contributed by atoms with van der Waals surface area (Å²) >= 11 is 2.06. The van der Waals surface area contributed by atoms with Crippen LogP contribution in [-0.4, -0.2) is 61.0 Å². The highest BCUT2D eigenvalue weighted by Crippen LogP contribution is 2.29. The van der Waals surface area contributed by atoms with Crippen molar-refractivity contribution in [2.75, 3.05) is 51.0 Å². The zero-order chi connectivity index (χ0) is 11.2. The van der Waals surface area contributed by atoms with Crippen molar-refractivity contribution in [2.45, 2.75) is 12.8 Å². The van der Waals surface area contributed by atoms with Gasteiger partial charge < -0.3 is 9.84 Å². The molecule has 2 fully saturated rings. The second kappa shape index (κ2) is 6.84. The number of ether oxygens (including phenoxy) is 1. The number of nitrogens with zero attached hydrogens (tertiary/aromatic N) is 1. The van der Waals surface area contributed by atoms with E-state index in [0.29, 0.717) is 12.5 Å². The molecule has 2 heterocycles. The lowest BCUT2D eigenvalue weighted by atomic mass is 9.87. The maximum atomic E-state index is 9.54. The van der Waals surface area contributed by atoms with Crippen LogP contribution in [0, 0.1) is 11.8 Å². The molecule has 0 aromatic heterocycles. The lowest BCUT2D eigenvalue weighted by Gasteiger charge is -2.34. The van der Waals surface area contributed by atoms with Gasteiger partial charge in [0.25, 0.3) is 0 Å². The van der Waals surface area contributed by atoms with Crippen molar-refractivity contribution >= 4 is 11.8 Å². The van der Waals surface area contributed by atoms with Crippen LogP contribution >= 0.6 is 11.8 Å². The SMILES string of the molecule is OCC(CN1CCOCC1)C1CCSCC1. The Balaban J connectivity index is 1.78. The van der Waals surface area contributed by atoms with Gasteiger partial charge in [0.15, 0.2) is 0 Å². The van der Waals surface area contributed by atoms with Crippen LogP contribution in [0.2, 0.25) is 0 Å². The van der Waals surface area contributed by atoms with Gasteiger partial charge in [-0.1, -0.05) is 0 Å². The van der Waals surface area contributed by atoms with E-state index in [9.17, 15) is 5.11 Å². The first kappa shape index (κ1) is 12.7. The van der Waals surface area contributed by atoms with E-state index in [1.807, 2.05) is 0 Å². The largest absolute Gasteiger partial charge is 0.396 e. The summed E-state index contributed by atoms with van der Waals surface area (Å²) < 4.78 is 5.35. The van der Waals surface area contributed by atoms with Crippen LogP contribution < -0.4 is 0 Å². The molecule has 0 aromatic carbocycles. The molecule has 2 aliphatic rings. The lowest BCUT2D eigenvalue weighted by molar-refractivity contribution is 0.0174. The minimum absolute atomic E-state index is 0.354. The predicted octanol–water partition coefficient (Wildman–Crippen LogP) is 1.07. The zero-order valence-corrected chi connectivity index (χ0v) is 10.8. The summed E-state index contributed by atoms with van der Waals surface area (Å²) in [5.74, 6) is 3.79. The molecule has 0 aliphatic carbocycles. The number of thioether (sulfide) groups is 1. The second-order valence-corrected chi connectivity index (χ2v) is 6.03. The van der Waals surface area contributed by atoms with Gasteiger partial charge in [-0.05, 0) is 36.2 Å². The fraction of sp³-hybridized carbons (Fsp3) is 1.00. The third kappa shape index (κ3) is 3.62. The maximum Gasteiger partial charge on any atom is 0.0594 e. The fourth-order valence-corrected chi connectivity index (χ4v) is 3.80. The molecule has 2 aliphatic heterocycles. The molecule has 0 amide bonds. The number of rotatable bonds is 4. The van der Waals surface area contributed by atoms with Gasteiger partial charge in [0.05, 0.1) is 13.2 Å². The van der Waals surface area contributed by atoms with Gasteiger partial charge in [0.2, 0.25) is 0 Å². The Morgan fingerprint density at radius 1 is 1.25 bits per heavy atom. The molecular formula is C12H23NO2S. The Kier molecular flexibility index (Phi) is 5.42. The normalized spacial score (nSPS) is 26.8. The van der Waals surface area contributed by atoms with E-state index in [4.69, 9.17) is 4.74 Å². The summed E-state index contributed by atoms with van der Waals surface area (Å²) in [5, 5.41) is 9.54. The molecule has 1 N–H and O–H groups in total. The van der Waals surface area contributed by atoms with Gasteiger partial charge >= 0.3 is 0 Å². The maximum absolute atomic E-state index is 9.54. The van der Waals surface area contributed by atoms with Crippen LogP contribution in [-0.2, 0) is 4.74 Å². The average Bonchev–Trinajstić information content (AvgIpc) is 2.38. The minimum atomic E-state index is 0.354. The summed E-state index contributed by atoms with van der Waals surface area (Å²) in [5.41, 5.74) is 0. The molecule has 0 saturated carbocycles. The molecule has 1 unspecified atom stereocenters. The van der Waals surface area contributed by atoms with E-state index in [-0.39, 0.29) is 0 Å². The van der Waals surface area contributed by atoms with Crippen LogP contribution in [0.15, 0.2) is 0 Å². The van der Waals surface area contributed by atoms with Crippen LogP contribution in [0.3, 0.4) is 0 Å². The number of aliphatic hydroxyl groups excluding tert-OH is 1. The van der Waals surface area contributed by atoms with Gasteiger partial charge in [-0.25, -0.2) is 0 Å². The van der Waals surface area contributed by atoms with Crippen molar-refractivity contribution in [3.05, 3.63) is 0 Å². The summed E-state index contributed by atoms with van der Waals surface area (Å²) in [4.78, 5) is 2.45. The minimum Gasteiger partial charge on any atom is -0.396 e. The van der Waals surface area contributed by atoms with Gasteiger partial charge in [-0.15, -0.1) is 0 Å². The summed E-state index contributed by atoms with van der Waals surface area (Å²) in [7, 11) is 0. The molecule has 94 valence electrons. The summed E-state index contributed by atoms with van der Waals surface area (Å²) in [6.45, 7) is 5.22. The van der Waals surface area contributed by atoms with E-state index in [0.717, 1.165) is 38.8 Å². The van der Waals surface area contributed by atoms with Gasteiger partial charge in [-0.3, -0.25) is 4.90 Å². The van der Waals surface area contributed by atoms with Crippen molar-refractivity contribution in [1.29, 1.82) is 0 Å². The Labute approximate surface area is 103 Å². The number of morpholine rings is 1.